The number of fused-ring (bicyclic) bond motifs is 1. The molecule has 0 amide bonds. The lowest BCUT2D eigenvalue weighted by atomic mass is 9.85. The Bertz CT molecular complexity index is 1620. The highest BCUT2D eigenvalue weighted by molar-refractivity contribution is 7.72. The molecule has 0 atom stereocenters. The van der Waals surface area contributed by atoms with Crippen molar-refractivity contribution < 1.29 is 8.42 Å². The van der Waals surface area contributed by atoms with Gasteiger partial charge < -0.3 is 5.32 Å². The van der Waals surface area contributed by atoms with Crippen molar-refractivity contribution in [1.82, 2.24) is 29.5 Å². The number of hydrogen-bond acceptors (Lipinski definition) is 9. The van der Waals surface area contributed by atoms with E-state index in [1.54, 1.807) is 41.4 Å². The Labute approximate surface area is 215 Å². The van der Waals surface area contributed by atoms with Crippen LogP contribution in [0, 0.1) is 12.8 Å². The first kappa shape index (κ1) is 23.7. The van der Waals surface area contributed by atoms with E-state index < -0.39 is 10.7 Å². The van der Waals surface area contributed by atoms with Crippen LogP contribution in [0.1, 0.15) is 55.0 Å². The predicted octanol–water partition coefficient (Wildman–Crippen LogP) is 3.21. The highest BCUT2D eigenvalue weighted by atomic mass is 32.2. The standard InChI is InChI=1S/C26H27N7O3S/c1-15-21(22(18-7-8-18)30-14-29-15)23-28-12-20-25(32-23)33(13-17-3-2-4-17)26(34)24(31-20)27-11-16-5-9-19(10-6-16)37(35)36/h5-6,9-10,12,14,17-18,37H,2-4,7-8,11,13H2,1H3,(H,27,31). The van der Waals surface area contributed by atoms with Gasteiger partial charge in [-0.1, -0.05) is 18.6 Å². The monoisotopic (exact) mass is 517 g/mol. The van der Waals surface area contributed by atoms with Crippen LogP contribution in [0.25, 0.3) is 22.6 Å². The van der Waals surface area contributed by atoms with Gasteiger partial charge in [0.05, 0.1) is 28.0 Å². The Balaban J connectivity index is 1.39. The molecule has 3 aromatic heterocycles. The Morgan fingerprint density at radius 2 is 1.81 bits per heavy atom. The molecule has 0 saturated heterocycles. The van der Waals surface area contributed by atoms with Crippen molar-refractivity contribution in [3.8, 4) is 11.4 Å². The van der Waals surface area contributed by atoms with Crippen LogP contribution in [0.4, 0.5) is 5.82 Å². The van der Waals surface area contributed by atoms with Crippen molar-refractivity contribution in [3.63, 3.8) is 0 Å². The van der Waals surface area contributed by atoms with Gasteiger partial charge in [-0.2, -0.15) is 0 Å². The number of benzene rings is 1. The molecule has 0 unspecified atom stereocenters. The first-order chi connectivity index (χ1) is 18.0. The van der Waals surface area contributed by atoms with Gasteiger partial charge in [0.25, 0.3) is 5.56 Å². The summed E-state index contributed by atoms with van der Waals surface area (Å²) in [5, 5.41) is 3.14. The van der Waals surface area contributed by atoms with Crippen molar-refractivity contribution in [3.05, 3.63) is 64.1 Å². The van der Waals surface area contributed by atoms with Crippen LogP contribution in [0.5, 0.6) is 0 Å². The first-order valence-corrected chi connectivity index (χ1v) is 13.7. The molecule has 0 aliphatic heterocycles. The van der Waals surface area contributed by atoms with Crippen LogP contribution in [0.2, 0.25) is 0 Å². The second kappa shape index (κ2) is 9.62. The van der Waals surface area contributed by atoms with Gasteiger partial charge >= 0.3 is 0 Å². The van der Waals surface area contributed by atoms with Crippen molar-refractivity contribution in [2.24, 2.45) is 5.92 Å². The predicted molar refractivity (Wildman–Crippen MR) is 139 cm³/mol. The Morgan fingerprint density at radius 3 is 2.49 bits per heavy atom. The van der Waals surface area contributed by atoms with Crippen LogP contribution in [-0.4, -0.2) is 37.9 Å². The van der Waals surface area contributed by atoms with Crippen molar-refractivity contribution in [2.75, 3.05) is 5.32 Å². The minimum atomic E-state index is -2.63. The molecule has 6 rings (SSSR count). The lowest BCUT2D eigenvalue weighted by Gasteiger charge is -2.26. The van der Waals surface area contributed by atoms with Gasteiger partial charge in [0.15, 0.2) is 28.0 Å². The van der Waals surface area contributed by atoms with Crippen LogP contribution >= 0.6 is 0 Å². The average Bonchev–Trinajstić information content (AvgIpc) is 3.71. The van der Waals surface area contributed by atoms with E-state index in [4.69, 9.17) is 4.98 Å². The molecule has 10 nitrogen and oxygen atoms in total. The van der Waals surface area contributed by atoms with Crippen molar-refractivity contribution in [1.29, 1.82) is 0 Å². The maximum atomic E-state index is 13.6. The third-order valence-electron chi connectivity index (χ3n) is 7.21. The molecule has 11 heteroatoms. The maximum Gasteiger partial charge on any atom is 0.294 e. The van der Waals surface area contributed by atoms with Crippen LogP contribution in [0.3, 0.4) is 0 Å². The number of anilines is 1. The maximum absolute atomic E-state index is 13.6. The summed E-state index contributed by atoms with van der Waals surface area (Å²) in [6.45, 7) is 2.84. The second-order valence-corrected chi connectivity index (χ2v) is 10.9. The highest BCUT2D eigenvalue weighted by Gasteiger charge is 2.30. The Hall–Kier alpha value is -3.73. The van der Waals surface area contributed by atoms with E-state index in [1.165, 1.54) is 6.42 Å². The van der Waals surface area contributed by atoms with Crippen LogP contribution < -0.4 is 10.9 Å². The van der Waals surface area contributed by atoms with E-state index in [1.807, 2.05) is 6.92 Å². The minimum Gasteiger partial charge on any atom is -0.361 e. The van der Waals surface area contributed by atoms with Gasteiger partial charge in [0, 0.05) is 19.0 Å². The molecule has 190 valence electrons. The number of nitrogens with zero attached hydrogens (tertiary/aromatic N) is 6. The summed E-state index contributed by atoms with van der Waals surface area (Å²) in [6, 6.07) is 6.54. The molecule has 4 aromatic rings. The van der Waals surface area contributed by atoms with E-state index in [0.29, 0.717) is 41.9 Å². The highest BCUT2D eigenvalue weighted by Crippen LogP contribution is 2.43. The molecule has 37 heavy (non-hydrogen) atoms. The average molecular weight is 518 g/mol. The zero-order valence-electron chi connectivity index (χ0n) is 20.4. The molecule has 0 spiro atoms. The van der Waals surface area contributed by atoms with E-state index in [-0.39, 0.29) is 16.3 Å². The number of rotatable bonds is 8. The fourth-order valence-electron chi connectivity index (χ4n) is 4.73. The zero-order valence-corrected chi connectivity index (χ0v) is 21.3. The van der Waals surface area contributed by atoms with E-state index in [2.05, 4.69) is 25.3 Å². The second-order valence-electron chi connectivity index (χ2n) is 9.85. The smallest absolute Gasteiger partial charge is 0.294 e. The lowest BCUT2D eigenvalue weighted by molar-refractivity contribution is 0.276. The quantitative estimate of drug-likeness (QED) is 0.338. The molecule has 2 saturated carbocycles. The molecule has 0 bridgehead atoms. The number of thiol groups is 1. The molecular weight excluding hydrogens is 490 g/mol. The SMILES string of the molecule is Cc1ncnc(C2CC2)c1-c1ncc2nc(NCc3ccc([SH](=O)=O)cc3)c(=O)n(CC3CCC3)c2n1. The van der Waals surface area contributed by atoms with Gasteiger partial charge in [-0.05, 0) is 56.2 Å². The van der Waals surface area contributed by atoms with E-state index >= 15 is 0 Å². The van der Waals surface area contributed by atoms with Gasteiger partial charge in [-0.25, -0.2) is 33.3 Å². The van der Waals surface area contributed by atoms with Gasteiger partial charge in [0.2, 0.25) is 0 Å². The first-order valence-electron chi connectivity index (χ1n) is 12.5. The van der Waals surface area contributed by atoms with Gasteiger partial charge in [-0.15, -0.1) is 0 Å². The third-order valence-corrected chi connectivity index (χ3v) is 7.93. The summed E-state index contributed by atoms with van der Waals surface area (Å²) in [5.41, 5.74) is 4.30. The van der Waals surface area contributed by atoms with Crippen molar-refractivity contribution in [2.45, 2.75) is 62.9 Å². The largest absolute Gasteiger partial charge is 0.361 e. The summed E-state index contributed by atoms with van der Waals surface area (Å²) in [5.74, 6) is 1.58. The summed E-state index contributed by atoms with van der Waals surface area (Å²) in [4.78, 5) is 36.8. The van der Waals surface area contributed by atoms with E-state index in [0.717, 1.165) is 48.2 Å². The number of aromatic nitrogens is 6. The molecule has 1 N–H and O–H groups in total. The summed E-state index contributed by atoms with van der Waals surface area (Å²) in [7, 11) is -2.63. The molecule has 2 aliphatic carbocycles. The Morgan fingerprint density at radius 1 is 1.03 bits per heavy atom. The third kappa shape index (κ3) is 4.71. The van der Waals surface area contributed by atoms with Crippen LogP contribution in [0.15, 0.2) is 46.5 Å². The fraction of sp³-hybridized carbons (Fsp3) is 0.385. The zero-order chi connectivity index (χ0) is 25.5. The van der Waals surface area contributed by atoms with Crippen molar-refractivity contribution >= 4 is 27.7 Å². The molecule has 0 radical (unpaired) electrons. The lowest BCUT2D eigenvalue weighted by Crippen LogP contribution is -2.30. The summed E-state index contributed by atoms with van der Waals surface area (Å²) < 4.78 is 24.0. The van der Waals surface area contributed by atoms with Gasteiger partial charge in [-0.3, -0.25) is 9.36 Å². The molecular formula is C26H27N7O3S. The van der Waals surface area contributed by atoms with Crippen LogP contribution in [-0.2, 0) is 23.8 Å². The number of hydrogen-bond donors (Lipinski definition) is 2. The molecule has 2 aliphatic rings. The topological polar surface area (TPSA) is 133 Å². The van der Waals surface area contributed by atoms with E-state index in [9.17, 15) is 13.2 Å². The molecule has 2 fully saturated rings. The van der Waals surface area contributed by atoms with Gasteiger partial charge in [0.1, 0.15) is 11.8 Å². The minimum absolute atomic E-state index is 0.222. The normalized spacial score (nSPS) is 15.7. The molecule has 1 aromatic carbocycles. The molecule has 3 heterocycles. The number of aryl methyl sites for hydroxylation is 1. The summed E-state index contributed by atoms with van der Waals surface area (Å²) in [6.07, 6.45) is 8.79. The fourth-order valence-corrected chi connectivity index (χ4v) is 5.12. The number of nitrogens with one attached hydrogen (secondary N) is 1. The summed E-state index contributed by atoms with van der Waals surface area (Å²) >= 11 is 0. The Kier molecular flexibility index (Phi) is 6.15.